The average molecular weight is 295 g/mol. The van der Waals surface area contributed by atoms with Gasteiger partial charge in [-0.3, -0.25) is 4.79 Å². The first kappa shape index (κ1) is 14.3. The molecule has 0 spiro atoms. The lowest BCUT2D eigenvalue weighted by atomic mass is 10.2. The lowest BCUT2D eigenvalue weighted by molar-refractivity contribution is 0.107. The molecule has 0 aliphatic heterocycles. The molecule has 0 unspecified atom stereocenters. The summed E-state index contributed by atoms with van der Waals surface area (Å²) in [6, 6.07) is 11.0. The van der Waals surface area contributed by atoms with E-state index in [1.165, 1.54) is 19.2 Å². The zero-order valence-corrected chi connectivity index (χ0v) is 11.5. The Morgan fingerprint density at radius 3 is 2.60 bits per heavy atom. The predicted molar refractivity (Wildman–Crippen MR) is 73.9 cm³/mol. The molecule has 0 aliphatic rings. The van der Waals surface area contributed by atoms with Crippen LogP contribution >= 0.6 is 11.6 Å². The number of hydrogen-bond donors (Lipinski definition) is 0. The van der Waals surface area contributed by atoms with Crippen LogP contribution in [0.2, 0.25) is 0 Å². The second kappa shape index (κ2) is 6.39. The van der Waals surface area contributed by atoms with Crippen LogP contribution in [0, 0.1) is 5.82 Å². The van der Waals surface area contributed by atoms with E-state index in [9.17, 15) is 9.18 Å². The van der Waals surface area contributed by atoms with Gasteiger partial charge in [-0.05, 0) is 29.8 Å². The fourth-order valence-corrected chi connectivity index (χ4v) is 1.89. The first-order valence-corrected chi connectivity index (χ1v) is 6.24. The van der Waals surface area contributed by atoms with Gasteiger partial charge in [-0.15, -0.1) is 0 Å². The van der Waals surface area contributed by atoms with E-state index in [-0.39, 0.29) is 23.7 Å². The van der Waals surface area contributed by atoms with Gasteiger partial charge in [-0.1, -0.05) is 24.3 Å². The van der Waals surface area contributed by atoms with Crippen molar-refractivity contribution in [1.82, 2.24) is 0 Å². The molecule has 0 N–H and O–H groups in total. The topological polar surface area (TPSA) is 35.5 Å². The van der Waals surface area contributed by atoms with Crippen LogP contribution in [0.25, 0.3) is 0 Å². The summed E-state index contributed by atoms with van der Waals surface area (Å²) in [5, 5.41) is -0.660. The van der Waals surface area contributed by atoms with Gasteiger partial charge in [0.05, 0.1) is 12.7 Å². The molecule has 5 heteroatoms. The minimum absolute atomic E-state index is 0.0236. The van der Waals surface area contributed by atoms with Gasteiger partial charge in [-0.2, -0.15) is 0 Å². The van der Waals surface area contributed by atoms with E-state index in [2.05, 4.69) is 0 Å². The van der Waals surface area contributed by atoms with Gasteiger partial charge in [-0.25, -0.2) is 4.39 Å². The minimum Gasteiger partial charge on any atom is -0.493 e. The number of rotatable bonds is 5. The Bertz CT molecular complexity index is 628. The summed E-state index contributed by atoms with van der Waals surface area (Å²) in [6.07, 6.45) is 0. The molecule has 2 rings (SSSR count). The molecule has 104 valence electrons. The molecule has 0 radical (unpaired) electrons. The van der Waals surface area contributed by atoms with Crippen LogP contribution in [0.5, 0.6) is 11.5 Å². The third-order valence-corrected chi connectivity index (χ3v) is 2.94. The van der Waals surface area contributed by atoms with E-state index in [0.29, 0.717) is 11.3 Å². The summed E-state index contributed by atoms with van der Waals surface area (Å²) in [5.41, 5.74) is 0.564. The van der Waals surface area contributed by atoms with Gasteiger partial charge in [0.2, 0.25) is 0 Å². The highest BCUT2D eigenvalue weighted by molar-refractivity contribution is 6.68. The number of hydrogen-bond acceptors (Lipinski definition) is 3. The van der Waals surface area contributed by atoms with Gasteiger partial charge >= 0.3 is 0 Å². The Morgan fingerprint density at radius 1 is 1.20 bits per heavy atom. The lowest BCUT2D eigenvalue weighted by Gasteiger charge is -2.13. The van der Waals surface area contributed by atoms with Crippen molar-refractivity contribution in [2.45, 2.75) is 6.61 Å². The van der Waals surface area contributed by atoms with E-state index in [1.807, 2.05) is 0 Å². The summed E-state index contributed by atoms with van der Waals surface area (Å²) in [4.78, 5) is 11.4. The van der Waals surface area contributed by atoms with E-state index in [1.54, 1.807) is 30.3 Å². The summed E-state index contributed by atoms with van der Waals surface area (Å²) < 4.78 is 24.2. The Labute approximate surface area is 120 Å². The lowest BCUT2D eigenvalue weighted by Crippen LogP contribution is -2.04. The van der Waals surface area contributed by atoms with E-state index in [0.717, 1.165) is 0 Å². The van der Waals surface area contributed by atoms with Crippen LogP contribution in [-0.2, 0) is 6.61 Å². The van der Waals surface area contributed by atoms with Crippen molar-refractivity contribution < 1.29 is 18.7 Å². The smallest absolute Gasteiger partial charge is 0.256 e. The monoisotopic (exact) mass is 294 g/mol. The number of ether oxygens (including phenoxy) is 2. The van der Waals surface area contributed by atoms with Crippen molar-refractivity contribution in [1.29, 1.82) is 0 Å². The Kier molecular flexibility index (Phi) is 4.58. The zero-order chi connectivity index (χ0) is 14.5. The summed E-state index contributed by atoms with van der Waals surface area (Å²) >= 11 is 5.50. The standard InChI is InChI=1S/C15H12ClFO3/c1-19-13-8-4-6-11(15(16)18)14(13)20-9-10-5-2-3-7-12(10)17/h2-8H,9H2,1H3. The maximum Gasteiger partial charge on any atom is 0.256 e. The Hall–Kier alpha value is -2.07. The molecule has 0 aromatic heterocycles. The molecule has 0 bridgehead atoms. The molecule has 0 saturated heterocycles. The SMILES string of the molecule is COc1cccc(C(=O)Cl)c1OCc1ccccc1F. The highest BCUT2D eigenvalue weighted by Crippen LogP contribution is 2.32. The molecule has 3 nitrogen and oxygen atoms in total. The molecular weight excluding hydrogens is 283 g/mol. The van der Waals surface area contributed by atoms with Crippen LogP contribution in [0.4, 0.5) is 4.39 Å². The molecule has 0 saturated carbocycles. The normalized spacial score (nSPS) is 10.2. The van der Waals surface area contributed by atoms with Gasteiger partial charge in [0.25, 0.3) is 5.24 Å². The summed E-state index contributed by atoms with van der Waals surface area (Å²) in [5.74, 6) is 0.201. The molecule has 2 aromatic rings. The first-order valence-electron chi connectivity index (χ1n) is 5.86. The number of methoxy groups -OCH3 is 1. The number of carbonyl (C=O) groups excluding carboxylic acids is 1. The van der Waals surface area contributed by atoms with E-state index in [4.69, 9.17) is 21.1 Å². The van der Waals surface area contributed by atoms with Crippen LogP contribution in [0.3, 0.4) is 0 Å². The average Bonchev–Trinajstić information content (AvgIpc) is 2.46. The number of benzene rings is 2. The highest BCUT2D eigenvalue weighted by Gasteiger charge is 2.16. The van der Waals surface area contributed by atoms with Crippen LogP contribution < -0.4 is 9.47 Å². The molecule has 0 atom stereocenters. The van der Waals surface area contributed by atoms with Crippen molar-refractivity contribution in [2.24, 2.45) is 0 Å². The maximum absolute atomic E-state index is 13.5. The van der Waals surface area contributed by atoms with Crippen molar-refractivity contribution in [3.8, 4) is 11.5 Å². The number of para-hydroxylation sites is 1. The Balaban J connectivity index is 2.29. The molecule has 2 aromatic carbocycles. The van der Waals surface area contributed by atoms with Gasteiger partial charge in [0.1, 0.15) is 12.4 Å². The predicted octanol–water partition coefficient (Wildman–Crippen LogP) is 3.79. The largest absolute Gasteiger partial charge is 0.493 e. The second-order valence-electron chi connectivity index (χ2n) is 3.99. The summed E-state index contributed by atoms with van der Waals surface area (Å²) in [7, 11) is 1.45. The minimum atomic E-state index is -0.660. The van der Waals surface area contributed by atoms with Crippen molar-refractivity contribution in [2.75, 3.05) is 7.11 Å². The highest BCUT2D eigenvalue weighted by atomic mass is 35.5. The van der Waals surface area contributed by atoms with Crippen LogP contribution in [0.15, 0.2) is 42.5 Å². The zero-order valence-electron chi connectivity index (χ0n) is 10.7. The summed E-state index contributed by atoms with van der Waals surface area (Å²) in [6.45, 7) is -0.0236. The molecule has 20 heavy (non-hydrogen) atoms. The first-order chi connectivity index (χ1) is 9.63. The number of halogens is 2. The maximum atomic E-state index is 13.5. The fourth-order valence-electron chi connectivity index (χ4n) is 1.75. The molecule has 0 heterocycles. The molecular formula is C15H12ClFO3. The Morgan fingerprint density at radius 2 is 1.95 bits per heavy atom. The van der Waals surface area contributed by atoms with Gasteiger partial charge in [0.15, 0.2) is 11.5 Å². The van der Waals surface area contributed by atoms with E-state index >= 15 is 0 Å². The van der Waals surface area contributed by atoms with Crippen molar-refractivity contribution in [3.05, 3.63) is 59.4 Å². The van der Waals surface area contributed by atoms with Gasteiger partial charge < -0.3 is 9.47 Å². The van der Waals surface area contributed by atoms with Crippen molar-refractivity contribution >= 4 is 16.8 Å². The van der Waals surface area contributed by atoms with Crippen LogP contribution in [0.1, 0.15) is 15.9 Å². The third kappa shape index (κ3) is 3.08. The molecule has 0 aliphatic carbocycles. The van der Waals surface area contributed by atoms with E-state index < -0.39 is 5.24 Å². The third-order valence-electron chi connectivity index (χ3n) is 2.74. The van der Waals surface area contributed by atoms with Crippen molar-refractivity contribution in [3.63, 3.8) is 0 Å². The molecule has 0 amide bonds. The quantitative estimate of drug-likeness (QED) is 0.787. The fraction of sp³-hybridized carbons (Fsp3) is 0.133. The van der Waals surface area contributed by atoms with Crippen LogP contribution in [-0.4, -0.2) is 12.4 Å². The van der Waals surface area contributed by atoms with Gasteiger partial charge in [0, 0.05) is 5.56 Å². The molecule has 0 fully saturated rings. The second-order valence-corrected chi connectivity index (χ2v) is 4.33. The number of carbonyl (C=O) groups is 1.